The maximum absolute atomic E-state index is 12.9. The second-order valence-corrected chi connectivity index (χ2v) is 8.77. The number of carbonyl (C=O) groups is 1. The van der Waals surface area contributed by atoms with E-state index in [4.69, 9.17) is 8.83 Å². The van der Waals surface area contributed by atoms with Gasteiger partial charge in [-0.25, -0.2) is 9.78 Å². The molecule has 0 aliphatic carbocycles. The van der Waals surface area contributed by atoms with E-state index in [-0.39, 0.29) is 5.91 Å². The van der Waals surface area contributed by atoms with Gasteiger partial charge >= 0.3 is 5.63 Å². The highest BCUT2D eigenvalue weighted by molar-refractivity contribution is 6.04. The fourth-order valence-corrected chi connectivity index (χ4v) is 4.31. The average molecular weight is 487 g/mol. The Labute approximate surface area is 212 Å². The first kappa shape index (κ1) is 22.5. The van der Waals surface area contributed by atoms with Crippen LogP contribution in [0.1, 0.15) is 22.8 Å². The number of oxazole rings is 1. The quantitative estimate of drug-likeness (QED) is 0.263. The van der Waals surface area contributed by atoms with Crippen LogP contribution < -0.4 is 10.9 Å². The van der Waals surface area contributed by atoms with E-state index in [1.807, 2.05) is 60.7 Å². The Bertz CT molecular complexity index is 1830. The molecular weight excluding hydrogens is 464 g/mol. The van der Waals surface area contributed by atoms with Crippen molar-refractivity contribution in [1.29, 1.82) is 0 Å². The number of para-hydroxylation sites is 1. The number of aromatic nitrogens is 1. The largest absolute Gasteiger partial charge is 0.436 e. The summed E-state index contributed by atoms with van der Waals surface area (Å²) in [6.45, 7) is 2.10. The minimum absolute atomic E-state index is 0.264. The van der Waals surface area contributed by atoms with Crippen molar-refractivity contribution in [3.05, 3.63) is 119 Å². The van der Waals surface area contributed by atoms with Crippen molar-refractivity contribution < 1.29 is 13.6 Å². The Hall–Kier alpha value is -4.97. The van der Waals surface area contributed by atoms with Crippen molar-refractivity contribution in [3.8, 4) is 22.6 Å². The minimum Gasteiger partial charge on any atom is -0.436 e. The van der Waals surface area contributed by atoms with Crippen LogP contribution in [-0.4, -0.2) is 10.9 Å². The summed E-state index contributed by atoms with van der Waals surface area (Å²) >= 11 is 0. The van der Waals surface area contributed by atoms with Crippen LogP contribution in [0.25, 0.3) is 44.7 Å². The summed E-state index contributed by atoms with van der Waals surface area (Å²) in [6.07, 6.45) is 0.927. The van der Waals surface area contributed by atoms with Gasteiger partial charge in [0, 0.05) is 22.2 Å². The molecule has 2 aromatic heterocycles. The van der Waals surface area contributed by atoms with Crippen molar-refractivity contribution in [2.45, 2.75) is 13.3 Å². The molecule has 0 spiro atoms. The van der Waals surface area contributed by atoms with E-state index in [9.17, 15) is 9.59 Å². The number of nitrogens with one attached hydrogen (secondary N) is 1. The molecule has 0 saturated heterocycles. The monoisotopic (exact) mass is 486 g/mol. The number of rotatable bonds is 5. The van der Waals surface area contributed by atoms with Gasteiger partial charge in [-0.1, -0.05) is 49.4 Å². The van der Waals surface area contributed by atoms with Crippen LogP contribution in [0.5, 0.6) is 0 Å². The highest BCUT2D eigenvalue weighted by Crippen LogP contribution is 2.27. The molecule has 0 aliphatic heterocycles. The molecule has 0 aliphatic rings. The zero-order valence-corrected chi connectivity index (χ0v) is 20.0. The molecule has 2 heterocycles. The van der Waals surface area contributed by atoms with E-state index in [0.29, 0.717) is 33.9 Å². The summed E-state index contributed by atoms with van der Waals surface area (Å²) in [7, 11) is 0. The molecule has 6 nitrogen and oxygen atoms in total. The number of benzene rings is 4. The molecule has 0 fully saturated rings. The standard InChI is InChI=1S/C31H22N2O4/c1-2-19-10-15-28-26(16-19)33-30(36-28)23-7-5-8-24(17-23)32-29(34)21-13-11-20(12-14-21)25-18-22-6-3-4-9-27(22)37-31(25)35/h3-18H,2H2,1H3,(H,32,34). The molecule has 0 saturated carbocycles. The van der Waals surface area contributed by atoms with Crippen molar-refractivity contribution in [1.82, 2.24) is 4.98 Å². The zero-order chi connectivity index (χ0) is 25.4. The van der Waals surface area contributed by atoms with Crippen LogP contribution >= 0.6 is 0 Å². The molecule has 0 radical (unpaired) electrons. The highest BCUT2D eigenvalue weighted by Gasteiger charge is 2.13. The first-order valence-electron chi connectivity index (χ1n) is 12.0. The van der Waals surface area contributed by atoms with Gasteiger partial charge in [-0.2, -0.15) is 0 Å². The third-order valence-electron chi connectivity index (χ3n) is 6.33. The van der Waals surface area contributed by atoms with Gasteiger partial charge in [0.2, 0.25) is 5.89 Å². The smallest absolute Gasteiger partial charge is 0.344 e. The van der Waals surface area contributed by atoms with Gasteiger partial charge < -0.3 is 14.2 Å². The molecule has 4 aromatic carbocycles. The van der Waals surface area contributed by atoms with Crippen molar-refractivity contribution in [3.63, 3.8) is 0 Å². The molecule has 0 atom stereocenters. The van der Waals surface area contributed by atoms with E-state index < -0.39 is 5.63 Å². The fourth-order valence-electron chi connectivity index (χ4n) is 4.31. The lowest BCUT2D eigenvalue weighted by molar-refractivity contribution is 0.102. The Morgan fingerprint density at radius 2 is 1.65 bits per heavy atom. The topological polar surface area (TPSA) is 85.3 Å². The van der Waals surface area contributed by atoms with Crippen LogP contribution in [0.4, 0.5) is 5.69 Å². The third-order valence-corrected chi connectivity index (χ3v) is 6.33. The molecule has 1 N–H and O–H groups in total. The van der Waals surface area contributed by atoms with Crippen molar-refractivity contribution in [2.75, 3.05) is 5.32 Å². The second kappa shape index (κ2) is 9.24. The van der Waals surface area contributed by atoms with Gasteiger partial charge in [0.15, 0.2) is 5.58 Å². The molecule has 37 heavy (non-hydrogen) atoms. The molecule has 6 heteroatoms. The van der Waals surface area contributed by atoms with Crippen LogP contribution in [0.2, 0.25) is 0 Å². The lowest BCUT2D eigenvalue weighted by Gasteiger charge is -2.08. The van der Waals surface area contributed by atoms with Crippen LogP contribution in [0, 0.1) is 0 Å². The number of aryl methyl sites for hydroxylation is 1. The Morgan fingerprint density at radius 3 is 2.49 bits per heavy atom. The normalized spacial score (nSPS) is 11.2. The molecule has 0 bridgehead atoms. The van der Waals surface area contributed by atoms with Crippen molar-refractivity contribution in [2.24, 2.45) is 0 Å². The van der Waals surface area contributed by atoms with Crippen LogP contribution in [-0.2, 0) is 6.42 Å². The number of anilines is 1. The number of amides is 1. The maximum Gasteiger partial charge on any atom is 0.344 e. The number of carbonyl (C=O) groups excluding carboxylic acids is 1. The first-order chi connectivity index (χ1) is 18.1. The van der Waals surface area contributed by atoms with Crippen LogP contribution in [0.15, 0.2) is 111 Å². The molecule has 0 unspecified atom stereocenters. The summed E-state index contributed by atoms with van der Waals surface area (Å²) in [5.74, 6) is 0.234. The average Bonchev–Trinajstić information content (AvgIpc) is 3.36. The third kappa shape index (κ3) is 4.41. The Balaban J connectivity index is 1.22. The van der Waals surface area contributed by atoms with Gasteiger partial charge in [0.05, 0.1) is 5.56 Å². The number of hydrogen-bond acceptors (Lipinski definition) is 5. The Kier molecular flexibility index (Phi) is 5.62. The maximum atomic E-state index is 12.9. The second-order valence-electron chi connectivity index (χ2n) is 8.77. The summed E-state index contributed by atoms with van der Waals surface area (Å²) in [4.78, 5) is 30.0. The minimum atomic E-state index is -0.419. The summed E-state index contributed by atoms with van der Waals surface area (Å²) in [6, 6.07) is 29.4. The number of hydrogen-bond donors (Lipinski definition) is 1. The van der Waals surface area contributed by atoms with E-state index in [1.165, 1.54) is 5.56 Å². The van der Waals surface area contributed by atoms with E-state index >= 15 is 0 Å². The lowest BCUT2D eigenvalue weighted by Crippen LogP contribution is -2.12. The van der Waals surface area contributed by atoms with Gasteiger partial charge in [-0.05, 0) is 72.1 Å². The SMILES string of the molecule is CCc1ccc2oc(-c3cccc(NC(=O)c4ccc(-c5cc6ccccc6oc5=O)cc4)c3)nc2c1. The number of fused-ring (bicyclic) bond motifs is 2. The highest BCUT2D eigenvalue weighted by atomic mass is 16.4. The van der Waals surface area contributed by atoms with Crippen molar-refractivity contribution >= 4 is 33.7 Å². The van der Waals surface area contributed by atoms with Gasteiger partial charge in [-0.15, -0.1) is 0 Å². The van der Waals surface area contributed by atoms with E-state index in [0.717, 1.165) is 28.5 Å². The lowest BCUT2D eigenvalue weighted by atomic mass is 10.0. The predicted octanol–water partition coefficient (Wildman–Crippen LogP) is 7.08. The molecular formula is C31H22N2O4. The summed E-state index contributed by atoms with van der Waals surface area (Å²) in [5, 5.41) is 3.76. The van der Waals surface area contributed by atoms with E-state index in [2.05, 4.69) is 17.2 Å². The van der Waals surface area contributed by atoms with E-state index in [1.54, 1.807) is 36.4 Å². The first-order valence-corrected chi connectivity index (χ1v) is 12.0. The summed E-state index contributed by atoms with van der Waals surface area (Å²) < 4.78 is 11.4. The van der Waals surface area contributed by atoms with Gasteiger partial charge in [0.25, 0.3) is 5.91 Å². The summed E-state index contributed by atoms with van der Waals surface area (Å²) in [5.41, 5.74) is 5.84. The molecule has 6 aromatic rings. The molecule has 180 valence electrons. The molecule has 6 rings (SSSR count). The predicted molar refractivity (Wildman–Crippen MR) is 145 cm³/mol. The Morgan fingerprint density at radius 1 is 0.811 bits per heavy atom. The molecule has 1 amide bonds. The van der Waals surface area contributed by atoms with Gasteiger partial charge in [-0.3, -0.25) is 4.79 Å². The van der Waals surface area contributed by atoms with Gasteiger partial charge in [0.1, 0.15) is 11.1 Å². The fraction of sp³-hybridized carbons (Fsp3) is 0.0645. The van der Waals surface area contributed by atoms with Crippen LogP contribution in [0.3, 0.4) is 0 Å². The number of nitrogens with zero attached hydrogens (tertiary/aromatic N) is 1. The zero-order valence-electron chi connectivity index (χ0n) is 20.0.